The minimum absolute atomic E-state index is 0.0855. The zero-order valence-corrected chi connectivity index (χ0v) is 22.9. The van der Waals surface area contributed by atoms with Crippen LogP contribution >= 0.6 is 0 Å². The quantitative estimate of drug-likeness (QED) is 0.172. The minimum atomic E-state index is -4.40. The lowest BCUT2D eigenvalue weighted by Gasteiger charge is -2.10. The van der Waals surface area contributed by atoms with Gasteiger partial charge in [0.2, 0.25) is 0 Å². The number of hydrogen-bond donors (Lipinski definition) is 2. The molecule has 0 aromatic carbocycles. The molecule has 0 saturated heterocycles. The van der Waals surface area contributed by atoms with E-state index in [0.717, 1.165) is 44.3 Å². The average Bonchev–Trinajstić information content (AvgIpc) is 2.80. The second-order valence-electron chi connectivity index (χ2n) is 6.95. The molecule has 8 heteroatoms. The molecular formula is C26H46F3NO3S. The number of alkyl halides is 3. The van der Waals surface area contributed by atoms with Gasteiger partial charge in [-0.15, -0.1) is 0 Å². The summed E-state index contributed by atoms with van der Waals surface area (Å²) in [6, 6.07) is 0. The van der Waals surface area contributed by atoms with Crippen LogP contribution in [0.15, 0.2) is 46.4 Å². The van der Waals surface area contributed by atoms with Crippen molar-refractivity contribution >= 4 is 17.0 Å². The Morgan fingerprint density at radius 3 is 2.06 bits per heavy atom. The first-order valence-electron chi connectivity index (χ1n) is 12.3. The smallest absolute Gasteiger partial charge is 0.416 e. The second kappa shape index (κ2) is 24.5. The Morgan fingerprint density at radius 2 is 1.56 bits per heavy atom. The maximum Gasteiger partial charge on any atom is 0.416 e. The number of nitrogens with one attached hydrogen (secondary N) is 1. The highest BCUT2D eigenvalue weighted by Crippen LogP contribution is 2.27. The maximum atomic E-state index is 13.0. The highest BCUT2D eigenvalue weighted by molar-refractivity contribution is 7.87. The van der Waals surface area contributed by atoms with E-state index in [1.165, 1.54) is 0 Å². The van der Waals surface area contributed by atoms with Gasteiger partial charge in [-0.1, -0.05) is 83.8 Å². The zero-order chi connectivity index (χ0) is 27.0. The number of carboxylic acid groups (broad SMARTS) is 1. The van der Waals surface area contributed by atoms with Gasteiger partial charge in [-0.2, -0.15) is 13.2 Å². The largest absolute Gasteiger partial charge is 0.481 e. The van der Waals surface area contributed by atoms with Crippen LogP contribution in [0.2, 0.25) is 0 Å². The molecule has 0 amide bonds. The molecule has 0 aliphatic rings. The Kier molecular flexibility index (Phi) is 26.5. The van der Waals surface area contributed by atoms with Gasteiger partial charge in [0.15, 0.2) is 0 Å². The molecule has 0 rings (SSSR count). The molecule has 4 nitrogen and oxygen atoms in total. The maximum absolute atomic E-state index is 13.0. The molecule has 34 heavy (non-hydrogen) atoms. The van der Waals surface area contributed by atoms with Crippen molar-refractivity contribution in [1.82, 2.24) is 4.72 Å². The first-order valence-corrected chi connectivity index (χ1v) is 13.4. The number of rotatable bonds is 15. The van der Waals surface area contributed by atoms with Crippen LogP contribution in [0, 0.1) is 0 Å². The molecule has 0 aromatic heterocycles. The number of carbonyl (C=O) groups is 1. The van der Waals surface area contributed by atoms with Gasteiger partial charge in [-0.3, -0.25) is 4.79 Å². The summed E-state index contributed by atoms with van der Waals surface area (Å²) in [5, 5.41) is 8.59. The second-order valence-corrected chi connectivity index (χ2v) is 8.25. The molecule has 1 atom stereocenters. The fourth-order valence-electron chi connectivity index (χ4n) is 2.62. The minimum Gasteiger partial charge on any atom is -0.481 e. The van der Waals surface area contributed by atoms with Crippen molar-refractivity contribution in [2.75, 3.05) is 6.54 Å². The standard InChI is InChI=1S/C22H34F3NO3S.2C2H6/c1-4-12-19(22(23,24)25)16-18(3)17-26-30(29)20(13-5-2)14-10-8-6-7-9-11-15-21(27)28;2*1-2/h5,12-14,16,26H,4,6-11,15,17H2,1-3H3,(H,27,28);2*1-2H3/b13-5-,18-16-,19-12+,20-14+;;. The van der Waals surface area contributed by atoms with E-state index in [4.69, 9.17) is 5.11 Å². The third-order valence-corrected chi connectivity index (χ3v) is 5.26. The number of carboxylic acids is 1. The van der Waals surface area contributed by atoms with Crippen LogP contribution in [0.25, 0.3) is 0 Å². The monoisotopic (exact) mass is 509 g/mol. The lowest BCUT2D eigenvalue weighted by molar-refractivity contribution is -0.137. The Bertz CT molecular complexity index is 667. The van der Waals surface area contributed by atoms with Crippen molar-refractivity contribution in [2.45, 2.75) is 106 Å². The SMILES string of the molecule is C/C=C\C(=C/CCCCCCCC(=O)O)S(=O)NC/C(C)=C\C(=C/CC)C(F)(F)F.CC.CC. The number of hydrogen-bond acceptors (Lipinski definition) is 2. The molecule has 0 aliphatic carbocycles. The third kappa shape index (κ3) is 22.1. The van der Waals surface area contributed by atoms with Crippen molar-refractivity contribution in [3.05, 3.63) is 46.4 Å². The molecule has 1 unspecified atom stereocenters. The molecule has 200 valence electrons. The third-order valence-electron chi connectivity index (χ3n) is 4.12. The van der Waals surface area contributed by atoms with E-state index in [9.17, 15) is 22.2 Å². The van der Waals surface area contributed by atoms with E-state index in [-0.39, 0.29) is 19.4 Å². The number of unbranched alkanes of at least 4 members (excludes halogenated alkanes) is 5. The summed E-state index contributed by atoms with van der Waals surface area (Å²) < 4.78 is 54.1. The molecule has 0 radical (unpaired) electrons. The van der Waals surface area contributed by atoms with Crippen molar-refractivity contribution in [2.24, 2.45) is 0 Å². The highest BCUT2D eigenvalue weighted by atomic mass is 32.2. The van der Waals surface area contributed by atoms with Crippen LogP contribution in [-0.2, 0) is 15.8 Å². The van der Waals surface area contributed by atoms with E-state index in [2.05, 4.69) is 4.72 Å². The van der Waals surface area contributed by atoms with Crippen LogP contribution in [0.4, 0.5) is 13.2 Å². The van der Waals surface area contributed by atoms with Crippen LogP contribution in [0.1, 0.15) is 99.8 Å². The van der Waals surface area contributed by atoms with E-state index in [0.29, 0.717) is 16.9 Å². The average molecular weight is 510 g/mol. The Morgan fingerprint density at radius 1 is 1.00 bits per heavy atom. The van der Waals surface area contributed by atoms with Crippen molar-refractivity contribution < 1.29 is 27.3 Å². The molecule has 0 saturated carbocycles. The van der Waals surface area contributed by atoms with Gasteiger partial charge in [0.1, 0.15) is 11.0 Å². The van der Waals surface area contributed by atoms with Gasteiger partial charge in [0, 0.05) is 17.9 Å². The van der Waals surface area contributed by atoms with Gasteiger partial charge >= 0.3 is 12.1 Å². The molecule has 2 N–H and O–H groups in total. The first kappa shape index (κ1) is 36.9. The molecule has 0 aliphatic heterocycles. The Labute approximate surface area is 208 Å². The summed E-state index contributed by atoms with van der Waals surface area (Å²) in [4.78, 5) is 11.0. The summed E-state index contributed by atoms with van der Waals surface area (Å²) in [6.45, 7) is 13.1. The Hall–Kier alpha value is -1.67. The van der Waals surface area contributed by atoms with Crippen LogP contribution in [0.5, 0.6) is 0 Å². The summed E-state index contributed by atoms with van der Waals surface area (Å²) in [5.41, 5.74) is -0.246. The molecule has 0 fully saturated rings. The van der Waals surface area contributed by atoms with Gasteiger partial charge in [0.25, 0.3) is 0 Å². The summed E-state index contributed by atoms with van der Waals surface area (Å²) in [6.07, 6.45) is 8.78. The molecule has 0 bridgehead atoms. The fraction of sp³-hybridized carbons (Fsp3) is 0.654. The number of allylic oxidation sites excluding steroid dienone is 6. The molecular weight excluding hydrogens is 463 g/mol. The topological polar surface area (TPSA) is 66.4 Å². The predicted octanol–water partition coefficient (Wildman–Crippen LogP) is 8.41. The summed E-state index contributed by atoms with van der Waals surface area (Å²) >= 11 is 0. The van der Waals surface area contributed by atoms with Crippen molar-refractivity contribution in [3.8, 4) is 0 Å². The zero-order valence-electron chi connectivity index (χ0n) is 22.1. The first-order chi connectivity index (χ1) is 16.1. The number of aliphatic carboxylic acids is 1. The summed E-state index contributed by atoms with van der Waals surface area (Å²) in [5.74, 6) is -0.773. The van der Waals surface area contributed by atoms with Crippen LogP contribution in [-0.4, -0.2) is 28.0 Å². The van der Waals surface area contributed by atoms with Crippen molar-refractivity contribution in [3.63, 3.8) is 0 Å². The van der Waals surface area contributed by atoms with E-state index >= 15 is 0 Å². The van der Waals surface area contributed by atoms with Gasteiger partial charge in [0.05, 0.1) is 5.57 Å². The van der Waals surface area contributed by atoms with Gasteiger partial charge in [-0.25, -0.2) is 8.93 Å². The molecule has 0 heterocycles. The van der Waals surface area contributed by atoms with Crippen molar-refractivity contribution in [1.29, 1.82) is 0 Å². The van der Waals surface area contributed by atoms with Gasteiger partial charge < -0.3 is 5.11 Å². The van der Waals surface area contributed by atoms with Crippen LogP contribution in [0.3, 0.4) is 0 Å². The molecule has 0 aromatic rings. The lowest BCUT2D eigenvalue weighted by Crippen LogP contribution is -2.21. The van der Waals surface area contributed by atoms with E-state index in [1.54, 1.807) is 26.0 Å². The normalized spacial score (nSPS) is 13.6. The lowest BCUT2D eigenvalue weighted by atomic mass is 10.1. The Balaban J connectivity index is -0.00000227. The molecule has 0 spiro atoms. The van der Waals surface area contributed by atoms with E-state index in [1.807, 2.05) is 40.7 Å². The highest BCUT2D eigenvalue weighted by Gasteiger charge is 2.31. The van der Waals surface area contributed by atoms with E-state index < -0.39 is 28.7 Å². The van der Waals surface area contributed by atoms with Gasteiger partial charge in [-0.05, 0) is 45.6 Å². The number of halogens is 3. The van der Waals surface area contributed by atoms with Crippen LogP contribution < -0.4 is 4.72 Å². The predicted molar refractivity (Wildman–Crippen MR) is 140 cm³/mol. The fourth-order valence-corrected chi connectivity index (χ4v) is 3.67. The summed E-state index contributed by atoms with van der Waals surface area (Å²) in [7, 11) is -1.52.